The number of piperidine rings is 1. The number of hydrogen-bond donors (Lipinski definition) is 0. The summed E-state index contributed by atoms with van der Waals surface area (Å²) in [6, 6.07) is 0.747. The standard InChI is InChI=1S/C17H33N/c1-13(2)15-7-5-8-16(11-15)17-9-6-10-18(12-17)14(3)4/h13-17H,5-12H2,1-4H3. The Balaban J connectivity index is 1.90. The first-order valence-corrected chi connectivity index (χ1v) is 8.32. The first-order chi connectivity index (χ1) is 8.58. The molecule has 1 heterocycles. The molecule has 0 bridgehead atoms. The van der Waals surface area contributed by atoms with Gasteiger partial charge in [-0.15, -0.1) is 0 Å². The SMILES string of the molecule is CC(C)C1CCCC(C2CCCN(C(C)C)C2)C1. The van der Waals surface area contributed by atoms with E-state index < -0.39 is 0 Å². The summed E-state index contributed by atoms with van der Waals surface area (Å²) in [7, 11) is 0. The summed E-state index contributed by atoms with van der Waals surface area (Å²) in [5.74, 6) is 3.95. The molecule has 3 unspecified atom stereocenters. The molecule has 1 heteroatoms. The highest BCUT2D eigenvalue weighted by atomic mass is 15.2. The van der Waals surface area contributed by atoms with Crippen molar-refractivity contribution in [3.63, 3.8) is 0 Å². The predicted molar refractivity (Wildman–Crippen MR) is 79.7 cm³/mol. The van der Waals surface area contributed by atoms with Crippen LogP contribution in [0.2, 0.25) is 0 Å². The first-order valence-electron chi connectivity index (χ1n) is 8.32. The van der Waals surface area contributed by atoms with Crippen LogP contribution in [0.5, 0.6) is 0 Å². The van der Waals surface area contributed by atoms with Crippen LogP contribution >= 0.6 is 0 Å². The third-order valence-corrected chi connectivity index (χ3v) is 5.58. The number of nitrogens with zero attached hydrogens (tertiary/aromatic N) is 1. The Kier molecular flexibility index (Phi) is 5.12. The molecule has 0 amide bonds. The Morgan fingerprint density at radius 1 is 0.889 bits per heavy atom. The smallest absolute Gasteiger partial charge is 0.00387 e. The lowest BCUT2D eigenvalue weighted by Crippen LogP contribution is -2.43. The molecular formula is C17H33N. The number of rotatable bonds is 3. The van der Waals surface area contributed by atoms with E-state index in [0.717, 1.165) is 29.7 Å². The van der Waals surface area contributed by atoms with E-state index in [-0.39, 0.29) is 0 Å². The number of hydrogen-bond acceptors (Lipinski definition) is 1. The molecule has 1 saturated carbocycles. The van der Waals surface area contributed by atoms with E-state index in [0.29, 0.717) is 0 Å². The average Bonchev–Trinajstić information content (AvgIpc) is 2.39. The molecule has 0 N–H and O–H groups in total. The van der Waals surface area contributed by atoms with Crippen LogP contribution in [0.1, 0.15) is 66.2 Å². The van der Waals surface area contributed by atoms with Crippen molar-refractivity contribution in [2.45, 2.75) is 72.3 Å². The molecule has 0 radical (unpaired) electrons. The zero-order valence-corrected chi connectivity index (χ0v) is 13.0. The van der Waals surface area contributed by atoms with E-state index in [1.807, 2.05) is 0 Å². The molecule has 2 rings (SSSR count). The molecule has 1 nitrogen and oxygen atoms in total. The second-order valence-corrected chi connectivity index (χ2v) is 7.42. The van der Waals surface area contributed by atoms with Crippen LogP contribution in [0.25, 0.3) is 0 Å². The van der Waals surface area contributed by atoms with Gasteiger partial charge in [0.05, 0.1) is 0 Å². The third-order valence-electron chi connectivity index (χ3n) is 5.58. The van der Waals surface area contributed by atoms with Gasteiger partial charge in [0.25, 0.3) is 0 Å². The fourth-order valence-electron chi connectivity index (χ4n) is 4.19. The van der Waals surface area contributed by atoms with Crippen LogP contribution in [0, 0.1) is 23.7 Å². The van der Waals surface area contributed by atoms with Gasteiger partial charge in [-0.1, -0.05) is 33.1 Å². The van der Waals surface area contributed by atoms with E-state index in [4.69, 9.17) is 0 Å². The van der Waals surface area contributed by atoms with Crippen molar-refractivity contribution < 1.29 is 0 Å². The van der Waals surface area contributed by atoms with Gasteiger partial charge in [0.2, 0.25) is 0 Å². The fraction of sp³-hybridized carbons (Fsp3) is 1.00. The molecule has 0 aromatic carbocycles. The van der Waals surface area contributed by atoms with E-state index in [1.165, 1.54) is 51.6 Å². The fourth-order valence-corrected chi connectivity index (χ4v) is 4.19. The zero-order chi connectivity index (χ0) is 13.1. The van der Waals surface area contributed by atoms with Gasteiger partial charge in [0.1, 0.15) is 0 Å². The molecule has 3 atom stereocenters. The van der Waals surface area contributed by atoms with E-state index in [2.05, 4.69) is 32.6 Å². The highest BCUT2D eigenvalue weighted by molar-refractivity contribution is 4.84. The molecule has 0 aromatic heterocycles. The van der Waals surface area contributed by atoms with Crippen LogP contribution in [0.3, 0.4) is 0 Å². The van der Waals surface area contributed by atoms with Crippen LogP contribution < -0.4 is 0 Å². The summed E-state index contributed by atoms with van der Waals surface area (Å²) in [6.45, 7) is 12.3. The maximum atomic E-state index is 2.72. The van der Waals surface area contributed by atoms with Crippen molar-refractivity contribution in [3.05, 3.63) is 0 Å². The van der Waals surface area contributed by atoms with E-state index >= 15 is 0 Å². The Labute approximate surface area is 114 Å². The molecular weight excluding hydrogens is 218 g/mol. The van der Waals surface area contributed by atoms with Crippen LogP contribution in [-0.2, 0) is 0 Å². The second kappa shape index (κ2) is 6.41. The number of likely N-dealkylation sites (tertiary alicyclic amines) is 1. The van der Waals surface area contributed by atoms with Gasteiger partial charge in [-0.3, -0.25) is 0 Å². The topological polar surface area (TPSA) is 3.24 Å². The lowest BCUT2D eigenvalue weighted by molar-refractivity contribution is 0.0739. The van der Waals surface area contributed by atoms with Gasteiger partial charge in [0, 0.05) is 12.6 Å². The second-order valence-electron chi connectivity index (χ2n) is 7.42. The molecule has 18 heavy (non-hydrogen) atoms. The zero-order valence-electron chi connectivity index (χ0n) is 13.0. The lowest BCUT2D eigenvalue weighted by atomic mass is 9.70. The Morgan fingerprint density at radius 3 is 2.28 bits per heavy atom. The quantitative estimate of drug-likeness (QED) is 0.710. The minimum atomic E-state index is 0.747. The summed E-state index contributed by atoms with van der Waals surface area (Å²) < 4.78 is 0. The van der Waals surface area contributed by atoms with Gasteiger partial charge in [-0.05, 0) is 63.3 Å². The van der Waals surface area contributed by atoms with Crippen molar-refractivity contribution in [1.29, 1.82) is 0 Å². The van der Waals surface area contributed by atoms with Gasteiger partial charge < -0.3 is 4.90 Å². The maximum absolute atomic E-state index is 2.72. The molecule has 1 saturated heterocycles. The monoisotopic (exact) mass is 251 g/mol. The molecule has 1 aliphatic carbocycles. The summed E-state index contributed by atoms with van der Waals surface area (Å²) >= 11 is 0. The normalized spacial score (nSPS) is 35.3. The first kappa shape index (κ1) is 14.4. The van der Waals surface area contributed by atoms with Gasteiger partial charge in [-0.25, -0.2) is 0 Å². The van der Waals surface area contributed by atoms with Crippen molar-refractivity contribution in [1.82, 2.24) is 4.90 Å². The molecule has 0 spiro atoms. The minimum absolute atomic E-state index is 0.747. The largest absolute Gasteiger partial charge is 0.301 e. The molecule has 2 fully saturated rings. The van der Waals surface area contributed by atoms with Gasteiger partial charge >= 0.3 is 0 Å². The van der Waals surface area contributed by atoms with Crippen molar-refractivity contribution >= 4 is 0 Å². The van der Waals surface area contributed by atoms with Crippen LogP contribution in [-0.4, -0.2) is 24.0 Å². The maximum Gasteiger partial charge on any atom is 0.00387 e. The van der Waals surface area contributed by atoms with Crippen molar-refractivity contribution in [3.8, 4) is 0 Å². The lowest BCUT2D eigenvalue weighted by Gasteiger charge is -2.42. The summed E-state index contributed by atoms with van der Waals surface area (Å²) in [5, 5.41) is 0. The molecule has 0 aromatic rings. The molecule has 106 valence electrons. The molecule has 2 aliphatic rings. The highest BCUT2D eigenvalue weighted by Gasteiger charge is 2.32. The van der Waals surface area contributed by atoms with Crippen LogP contribution in [0.4, 0.5) is 0 Å². The Morgan fingerprint density at radius 2 is 1.61 bits per heavy atom. The van der Waals surface area contributed by atoms with Gasteiger partial charge in [0.15, 0.2) is 0 Å². The average molecular weight is 251 g/mol. The van der Waals surface area contributed by atoms with Crippen molar-refractivity contribution in [2.75, 3.05) is 13.1 Å². The summed E-state index contributed by atoms with van der Waals surface area (Å²) in [4.78, 5) is 2.72. The Hall–Kier alpha value is -0.0400. The minimum Gasteiger partial charge on any atom is -0.301 e. The van der Waals surface area contributed by atoms with Crippen molar-refractivity contribution in [2.24, 2.45) is 23.7 Å². The van der Waals surface area contributed by atoms with E-state index in [9.17, 15) is 0 Å². The van der Waals surface area contributed by atoms with Crippen LogP contribution in [0.15, 0.2) is 0 Å². The summed E-state index contributed by atoms with van der Waals surface area (Å²) in [6.07, 6.45) is 8.96. The van der Waals surface area contributed by atoms with Gasteiger partial charge in [-0.2, -0.15) is 0 Å². The highest BCUT2D eigenvalue weighted by Crippen LogP contribution is 2.40. The predicted octanol–water partition coefficient (Wildman–Crippen LogP) is 4.57. The third kappa shape index (κ3) is 3.50. The molecule has 1 aliphatic heterocycles. The Bertz CT molecular complexity index is 220. The van der Waals surface area contributed by atoms with E-state index in [1.54, 1.807) is 0 Å². The summed E-state index contributed by atoms with van der Waals surface area (Å²) in [5.41, 5.74) is 0.